The van der Waals surface area contributed by atoms with Gasteiger partial charge in [-0.05, 0) is 30.5 Å². The highest BCUT2D eigenvalue weighted by Crippen LogP contribution is 2.35. The molecule has 1 unspecified atom stereocenters. The minimum atomic E-state index is -0.0504. The molecule has 0 saturated carbocycles. The van der Waals surface area contributed by atoms with Crippen LogP contribution in [0.5, 0.6) is 5.75 Å². The predicted molar refractivity (Wildman–Crippen MR) is 68.5 cm³/mol. The second-order valence-corrected chi connectivity index (χ2v) is 5.25. The number of benzene rings is 1. The zero-order chi connectivity index (χ0) is 12.5. The van der Waals surface area contributed by atoms with Gasteiger partial charge in [-0.2, -0.15) is 0 Å². The van der Waals surface area contributed by atoms with E-state index < -0.39 is 0 Å². The number of halogens is 1. The van der Waals surface area contributed by atoms with E-state index in [9.17, 15) is 4.79 Å². The molecular weight excluding hydrogens is 252 g/mol. The molecule has 0 aliphatic carbocycles. The van der Waals surface area contributed by atoms with Crippen molar-refractivity contribution in [3.05, 3.63) is 28.3 Å². The maximum absolute atomic E-state index is 12.5. The van der Waals surface area contributed by atoms with Crippen LogP contribution in [-0.2, 0) is 11.2 Å². The molecule has 96 valence electrons. The molecule has 0 aromatic heterocycles. The number of carbonyl (C=O) groups excluding carboxylic acids is 1. The van der Waals surface area contributed by atoms with Crippen LogP contribution in [0.1, 0.15) is 28.8 Å². The van der Waals surface area contributed by atoms with Crippen LogP contribution in [0.15, 0.2) is 12.1 Å². The summed E-state index contributed by atoms with van der Waals surface area (Å²) in [5.74, 6) is 0.788. The highest BCUT2D eigenvalue weighted by Gasteiger charge is 2.28. The minimum Gasteiger partial charge on any atom is -0.492 e. The summed E-state index contributed by atoms with van der Waals surface area (Å²) in [6, 6.07) is 3.61. The van der Waals surface area contributed by atoms with Crippen LogP contribution in [0.2, 0.25) is 5.02 Å². The van der Waals surface area contributed by atoms with Crippen molar-refractivity contribution in [2.24, 2.45) is 5.92 Å². The van der Waals surface area contributed by atoms with Crippen molar-refractivity contribution < 1.29 is 14.3 Å². The molecule has 4 heteroatoms. The van der Waals surface area contributed by atoms with Crippen molar-refractivity contribution in [1.29, 1.82) is 0 Å². The quantitative estimate of drug-likeness (QED) is 0.772. The van der Waals surface area contributed by atoms with Gasteiger partial charge in [0.2, 0.25) is 0 Å². The fourth-order valence-corrected chi connectivity index (χ4v) is 2.86. The highest BCUT2D eigenvalue weighted by atomic mass is 35.5. The molecule has 0 amide bonds. The first-order valence-electron chi connectivity index (χ1n) is 6.33. The molecule has 0 N–H and O–H groups in total. The van der Waals surface area contributed by atoms with E-state index in [1.165, 1.54) is 0 Å². The Balaban J connectivity index is 1.93. The molecule has 1 fully saturated rings. The maximum atomic E-state index is 12.5. The van der Waals surface area contributed by atoms with Gasteiger partial charge in [-0.15, -0.1) is 0 Å². The number of hydrogen-bond donors (Lipinski definition) is 0. The monoisotopic (exact) mass is 266 g/mol. The van der Waals surface area contributed by atoms with Gasteiger partial charge in [-0.25, -0.2) is 0 Å². The Kier molecular flexibility index (Phi) is 3.27. The number of fused-ring (bicyclic) bond motifs is 1. The van der Waals surface area contributed by atoms with Crippen LogP contribution < -0.4 is 4.74 Å². The van der Waals surface area contributed by atoms with E-state index in [2.05, 4.69) is 0 Å². The summed E-state index contributed by atoms with van der Waals surface area (Å²) >= 11 is 6.07. The molecule has 2 aliphatic heterocycles. The van der Waals surface area contributed by atoms with Crippen LogP contribution in [0.3, 0.4) is 0 Å². The van der Waals surface area contributed by atoms with Crippen LogP contribution >= 0.6 is 11.6 Å². The second kappa shape index (κ2) is 4.90. The zero-order valence-corrected chi connectivity index (χ0v) is 10.8. The van der Waals surface area contributed by atoms with E-state index in [4.69, 9.17) is 21.1 Å². The topological polar surface area (TPSA) is 35.5 Å². The Bertz CT molecular complexity index is 478. The first kappa shape index (κ1) is 12.0. The molecule has 0 bridgehead atoms. The largest absolute Gasteiger partial charge is 0.492 e. The Morgan fingerprint density at radius 1 is 1.33 bits per heavy atom. The Morgan fingerprint density at radius 2 is 2.22 bits per heavy atom. The lowest BCUT2D eigenvalue weighted by Gasteiger charge is -2.21. The normalized spacial score (nSPS) is 22.4. The SMILES string of the molecule is O=C(c1cc(Cl)cc2c1OCC2)C1CCCOC1. The average Bonchev–Trinajstić information content (AvgIpc) is 2.86. The highest BCUT2D eigenvalue weighted by molar-refractivity contribution is 6.31. The number of hydrogen-bond acceptors (Lipinski definition) is 3. The second-order valence-electron chi connectivity index (χ2n) is 4.82. The zero-order valence-electron chi connectivity index (χ0n) is 10.1. The molecule has 18 heavy (non-hydrogen) atoms. The lowest BCUT2D eigenvalue weighted by atomic mass is 9.91. The Morgan fingerprint density at radius 3 is 3.00 bits per heavy atom. The summed E-state index contributed by atoms with van der Waals surface area (Å²) < 4.78 is 11.0. The van der Waals surface area contributed by atoms with E-state index in [1.54, 1.807) is 6.07 Å². The van der Waals surface area contributed by atoms with Crippen molar-refractivity contribution in [2.45, 2.75) is 19.3 Å². The third-order valence-electron chi connectivity index (χ3n) is 3.54. The molecule has 1 aromatic rings. The lowest BCUT2D eigenvalue weighted by Crippen LogP contribution is -2.25. The van der Waals surface area contributed by atoms with Crippen molar-refractivity contribution in [3.63, 3.8) is 0 Å². The van der Waals surface area contributed by atoms with Gasteiger partial charge >= 0.3 is 0 Å². The molecule has 0 spiro atoms. The first-order chi connectivity index (χ1) is 8.75. The van der Waals surface area contributed by atoms with Gasteiger partial charge < -0.3 is 9.47 Å². The number of rotatable bonds is 2. The van der Waals surface area contributed by atoms with E-state index in [-0.39, 0.29) is 11.7 Å². The molecule has 1 aromatic carbocycles. The van der Waals surface area contributed by atoms with Gasteiger partial charge in [0, 0.05) is 24.0 Å². The van der Waals surface area contributed by atoms with Gasteiger partial charge in [0.1, 0.15) is 5.75 Å². The maximum Gasteiger partial charge on any atom is 0.172 e. The van der Waals surface area contributed by atoms with Crippen LogP contribution in [-0.4, -0.2) is 25.6 Å². The van der Waals surface area contributed by atoms with Gasteiger partial charge in [0.25, 0.3) is 0 Å². The summed E-state index contributed by atoms with van der Waals surface area (Å²) in [6.07, 6.45) is 2.66. The summed E-state index contributed by atoms with van der Waals surface area (Å²) in [7, 11) is 0. The van der Waals surface area contributed by atoms with Gasteiger partial charge in [-0.1, -0.05) is 11.6 Å². The van der Waals surface area contributed by atoms with E-state index in [0.29, 0.717) is 23.8 Å². The number of Topliss-reactive ketones (excluding diaryl/α,β-unsaturated/α-hetero) is 1. The smallest absolute Gasteiger partial charge is 0.172 e. The van der Waals surface area contributed by atoms with Gasteiger partial charge in [-0.3, -0.25) is 4.79 Å². The molecule has 2 aliphatic rings. The molecule has 3 nitrogen and oxygen atoms in total. The first-order valence-corrected chi connectivity index (χ1v) is 6.70. The van der Waals surface area contributed by atoms with Crippen molar-refractivity contribution in [3.8, 4) is 5.75 Å². The third kappa shape index (κ3) is 2.13. The Labute approximate surface area is 111 Å². The van der Waals surface area contributed by atoms with Crippen molar-refractivity contribution in [1.82, 2.24) is 0 Å². The van der Waals surface area contributed by atoms with Gasteiger partial charge in [0.05, 0.1) is 18.8 Å². The minimum absolute atomic E-state index is 0.0504. The van der Waals surface area contributed by atoms with Crippen LogP contribution in [0.25, 0.3) is 0 Å². The number of carbonyl (C=O) groups is 1. The summed E-state index contributed by atoms with van der Waals surface area (Å²) in [6.45, 7) is 1.91. The molecule has 1 atom stereocenters. The standard InChI is InChI=1S/C14H15ClO3/c15-11-6-9-3-5-18-14(9)12(7-11)13(16)10-2-1-4-17-8-10/h6-7,10H,1-5,8H2. The van der Waals surface area contributed by atoms with Crippen molar-refractivity contribution in [2.75, 3.05) is 19.8 Å². The summed E-state index contributed by atoms with van der Waals surface area (Å²) in [4.78, 5) is 12.5. The van der Waals surface area contributed by atoms with Crippen molar-refractivity contribution >= 4 is 17.4 Å². The molecule has 0 radical (unpaired) electrons. The molecule has 3 rings (SSSR count). The van der Waals surface area contributed by atoms with E-state index in [1.807, 2.05) is 6.07 Å². The molecule has 2 heterocycles. The molecular formula is C14H15ClO3. The number of ether oxygens (including phenoxy) is 2. The summed E-state index contributed by atoms with van der Waals surface area (Å²) in [5.41, 5.74) is 1.67. The van der Waals surface area contributed by atoms with E-state index >= 15 is 0 Å². The fraction of sp³-hybridized carbons (Fsp3) is 0.500. The van der Waals surface area contributed by atoms with Gasteiger partial charge in [0.15, 0.2) is 5.78 Å². The van der Waals surface area contributed by atoms with Crippen LogP contribution in [0.4, 0.5) is 0 Å². The lowest BCUT2D eigenvalue weighted by molar-refractivity contribution is 0.0459. The average molecular weight is 267 g/mol. The van der Waals surface area contributed by atoms with Crippen LogP contribution in [0, 0.1) is 5.92 Å². The molecule has 1 saturated heterocycles. The third-order valence-corrected chi connectivity index (χ3v) is 3.76. The van der Waals surface area contributed by atoms with E-state index in [0.717, 1.165) is 37.2 Å². The number of ketones is 1. The Hall–Kier alpha value is -1.06. The predicted octanol–water partition coefficient (Wildman–Crippen LogP) is 2.88. The fourth-order valence-electron chi connectivity index (χ4n) is 2.62. The summed E-state index contributed by atoms with van der Waals surface area (Å²) in [5, 5.41) is 0.610.